The van der Waals surface area contributed by atoms with E-state index in [1.807, 2.05) is 18.7 Å². The first-order chi connectivity index (χ1) is 14.4. The van der Waals surface area contributed by atoms with Gasteiger partial charge in [0.15, 0.2) is 0 Å². The number of aromatic nitrogens is 2. The van der Waals surface area contributed by atoms with Gasteiger partial charge in [-0.05, 0) is 43.9 Å². The van der Waals surface area contributed by atoms with Crippen LogP contribution in [0.3, 0.4) is 0 Å². The van der Waals surface area contributed by atoms with Crippen LogP contribution < -0.4 is 5.32 Å². The van der Waals surface area contributed by atoms with Crippen molar-refractivity contribution in [1.29, 1.82) is 0 Å². The molecule has 0 radical (unpaired) electrons. The highest BCUT2D eigenvalue weighted by Gasteiger charge is 2.41. The minimum Gasteiger partial charge on any atom is -0.466 e. The number of rotatable bonds is 4. The van der Waals surface area contributed by atoms with E-state index in [0.29, 0.717) is 18.4 Å². The molecular weight excluding hydrogens is 382 g/mol. The third kappa shape index (κ3) is 4.16. The monoisotopic (exact) mass is 415 g/mol. The number of ether oxygens (including phenoxy) is 1. The number of amides is 1. The molecule has 2 saturated heterocycles. The maximum atomic E-state index is 13.4. The topological polar surface area (TPSA) is 79.7 Å². The minimum atomic E-state index is -0.337. The maximum Gasteiger partial charge on any atom is 0.335 e. The van der Waals surface area contributed by atoms with E-state index in [0.717, 1.165) is 44.5 Å². The number of nitrogens with zero attached hydrogens (tertiary/aromatic N) is 4. The van der Waals surface area contributed by atoms with Gasteiger partial charge in [0, 0.05) is 31.2 Å². The van der Waals surface area contributed by atoms with Gasteiger partial charge in [0.25, 0.3) is 0 Å². The number of carbonyl (C=O) groups excluding carboxylic acids is 2. The van der Waals surface area contributed by atoms with Gasteiger partial charge in [-0.1, -0.05) is 20.3 Å². The second-order valence-corrected chi connectivity index (χ2v) is 9.43. The Bertz CT molecular complexity index is 817. The normalized spacial score (nSPS) is 27.4. The zero-order valence-electron chi connectivity index (χ0n) is 18.3. The molecule has 8 nitrogen and oxygen atoms in total. The van der Waals surface area contributed by atoms with E-state index in [2.05, 4.69) is 38.7 Å². The van der Waals surface area contributed by atoms with Crippen molar-refractivity contribution in [2.45, 2.75) is 71.0 Å². The molecule has 2 unspecified atom stereocenters. The predicted octanol–water partition coefficient (Wildman–Crippen LogP) is 2.61. The zero-order valence-corrected chi connectivity index (χ0v) is 18.3. The second kappa shape index (κ2) is 8.51. The third-order valence-electron chi connectivity index (χ3n) is 6.56. The first-order valence-electron chi connectivity index (χ1n) is 11.0. The fourth-order valence-corrected chi connectivity index (χ4v) is 5.16. The molecule has 4 rings (SSSR count). The van der Waals surface area contributed by atoms with Crippen molar-refractivity contribution >= 4 is 11.9 Å². The molecule has 164 valence electrons. The van der Waals surface area contributed by atoms with E-state index in [9.17, 15) is 9.59 Å². The molecule has 0 spiro atoms. The molecule has 1 N–H and O–H groups in total. The molecule has 1 aromatic heterocycles. The van der Waals surface area contributed by atoms with Crippen LogP contribution >= 0.6 is 0 Å². The molecule has 8 heteroatoms. The number of hydrogen-bond donors (Lipinski definition) is 1. The molecule has 1 aliphatic carbocycles. The molecule has 3 aliphatic rings. The molecule has 2 fully saturated rings. The molecule has 1 aromatic rings. The number of imidazole rings is 1. The fourth-order valence-electron chi connectivity index (χ4n) is 5.16. The van der Waals surface area contributed by atoms with E-state index in [-0.39, 0.29) is 29.5 Å². The summed E-state index contributed by atoms with van der Waals surface area (Å²) in [6.07, 6.45) is 12.2. The van der Waals surface area contributed by atoms with E-state index in [1.54, 1.807) is 0 Å². The highest BCUT2D eigenvalue weighted by molar-refractivity contribution is 5.92. The number of fused-ring (bicyclic) bond motifs is 1. The summed E-state index contributed by atoms with van der Waals surface area (Å²) in [5.41, 5.74) is 1.28. The van der Waals surface area contributed by atoms with E-state index in [4.69, 9.17) is 4.74 Å². The molecule has 2 atom stereocenters. The number of carbonyl (C=O) groups is 2. The van der Waals surface area contributed by atoms with Crippen molar-refractivity contribution in [3.05, 3.63) is 30.0 Å². The first kappa shape index (κ1) is 21.1. The van der Waals surface area contributed by atoms with E-state index < -0.39 is 0 Å². The lowest BCUT2D eigenvalue weighted by molar-refractivity contribution is -0.161. The van der Waals surface area contributed by atoms with Crippen LogP contribution in [0.2, 0.25) is 0 Å². The quantitative estimate of drug-likeness (QED) is 0.762. The Kier molecular flexibility index (Phi) is 5.97. The molecule has 2 aliphatic heterocycles. The van der Waals surface area contributed by atoms with Crippen LogP contribution in [-0.2, 0) is 14.3 Å². The summed E-state index contributed by atoms with van der Waals surface area (Å²) in [5.74, 6) is -0.351. The highest BCUT2D eigenvalue weighted by atomic mass is 16.5. The van der Waals surface area contributed by atoms with Gasteiger partial charge in [-0.15, -0.1) is 0 Å². The van der Waals surface area contributed by atoms with Gasteiger partial charge in [0.1, 0.15) is 12.2 Å². The lowest BCUT2D eigenvalue weighted by atomic mass is 9.89. The van der Waals surface area contributed by atoms with Crippen LogP contribution in [0.5, 0.6) is 0 Å². The molecule has 0 saturated carbocycles. The van der Waals surface area contributed by atoms with Gasteiger partial charge in [-0.3, -0.25) is 4.79 Å². The number of hydrogen-bond acceptors (Lipinski definition) is 6. The Morgan fingerprint density at radius 3 is 2.60 bits per heavy atom. The molecule has 0 bridgehead atoms. The van der Waals surface area contributed by atoms with Crippen LogP contribution in [-0.4, -0.2) is 57.7 Å². The Labute approximate surface area is 178 Å². The molecular formula is C22H33N5O3. The highest BCUT2D eigenvalue weighted by Crippen LogP contribution is 2.41. The van der Waals surface area contributed by atoms with E-state index >= 15 is 0 Å². The van der Waals surface area contributed by atoms with Gasteiger partial charge >= 0.3 is 5.97 Å². The predicted molar refractivity (Wildman–Crippen MR) is 112 cm³/mol. The molecule has 1 amide bonds. The Balaban J connectivity index is 1.54. The molecule has 30 heavy (non-hydrogen) atoms. The van der Waals surface area contributed by atoms with Crippen molar-refractivity contribution in [2.24, 2.45) is 5.41 Å². The smallest absolute Gasteiger partial charge is 0.335 e. The number of esters is 1. The Morgan fingerprint density at radius 2 is 1.90 bits per heavy atom. The van der Waals surface area contributed by atoms with Crippen molar-refractivity contribution < 1.29 is 14.3 Å². The van der Waals surface area contributed by atoms with Crippen molar-refractivity contribution in [3.8, 4) is 0 Å². The van der Waals surface area contributed by atoms with Crippen LogP contribution in [0.4, 0.5) is 0 Å². The summed E-state index contributed by atoms with van der Waals surface area (Å²) < 4.78 is 7.11. The maximum absolute atomic E-state index is 13.4. The standard InChI is InChI=1S/C22H33N5O3/c1-22(2)13-16(21(29)30-3)17(14-22)24-20(28)18-7-8-19(25-12-9-23-15-25)27-11-6-4-5-10-26(18)27/h9,12,15,18-19H,4-8,10-11,13-14H2,1-3H3,(H,24,28). The van der Waals surface area contributed by atoms with Crippen LogP contribution in [0.15, 0.2) is 30.0 Å². The number of hydrazine groups is 1. The molecule has 3 heterocycles. The Hall–Kier alpha value is -2.19. The summed E-state index contributed by atoms with van der Waals surface area (Å²) in [7, 11) is 1.40. The third-order valence-corrected chi connectivity index (χ3v) is 6.56. The number of methoxy groups -OCH3 is 1. The van der Waals surface area contributed by atoms with Gasteiger partial charge < -0.3 is 14.6 Å². The van der Waals surface area contributed by atoms with Gasteiger partial charge in [-0.25, -0.2) is 19.8 Å². The van der Waals surface area contributed by atoms with Crippen LogP contribution in [0.25, 0.3) is 0 Å². The van der Waals surface area contributed by atoms with Crippen LogP contribution in [0, 0.1) is 5.41 Å². The van der Waals surface area contributed by atoms with Crippen molar-refractivity contribution in [3.63, 3.8) is 0 Å². The van der Waals surface area contributed by atoms with Crippen molar-refractivity contribution in [1.82, 2.24) is 24.9 Å². The van der Waals surface area contributed by atoms with Crippen molar-refractivity contribution in [2.75, 3.05) is 20.2 Å². The van der Waals surface area contributed by atoms with Gasteiger partial charge in [-0.2, -0.15) is 0 Å². The fraction of sp³-hybridized carbons (Fsp3) is 0.682. The lowest BCUT2D eigenvalue weighted by Crippen LogP contribution is -2.59. The average Bonchev–Trinajstić information content (AvgIpc) is 3.27. The largest absolute Gasteiger partial charge is 0.466 e. The summed E-state index contributed by atoms with van der Waals surface area (Å²) in [6.45, 7) is 6.04. The summed E-state index contributed by atoms with van der Waals surface area (Å²) in [6, 6.07) is -0.224. The van der Waals surface area contributed by atoms with Gasteiger partial charge in [0.2, 0.25) is 5.91 Å². The van der Waals surface area contributed by atoms with Gasteiger partial charge in [0.05, 0.1) is 19.0 Å². The lowest BCUT2D eigenvalue weighted by Gasteiger charge is -2.47. The number of allylic oxidation sites excluding steroid dienone is 1. The van der Waals surface area contributed by atoms with Crippen LogP contribution in [0.1, 0.15) is 65.0 Å². The minimum absolute atomic E-state index is 0.0138. The average molecular weight is 416 g/mol. The number of nitrogens with one attached hydrogen (secondary N) is 1. The first-order valence-corrected chi connectivity index (χ1v) is 11.0. The SMILES string of the molecule is COC(=O)C1=C(NC(=O)C2CCC(n3ccnc3)N3CCCCCN23)CC(C)(C)C1. The summed E-state index contributed by atoms with van der Waals surface area (Å²) in [5, 5.41) is 7.74. The summed E-state index contributed by atoms with van der Waals surface area (Å²) >= 11 is 0. The molecule has 0 aromatic carbocycles. The Morgan fingerprint density at radius 1 is 1.13 bits per heavy atom. The van der Waals surface area contributed by atoms with E-state index in [1.165, 1.54) is 13.5 Å². The summed E-state index contributed by atoms with van der Waals surface area (Å²) in [4.78, 5) is 29.9. The zero-order chi connectivity index (χ0) is 21.3. The second-order valence-electron chi connectivity index (χ2n) is 9.43.